The van der Waals surface area contributed by atoms with Crippen molar-refractivity contribution in [3.05, 3.63) is 63.8 Å². The largest absolute Gasteiger partial charge is 0.336 e. The molecule has 0 aliphatic rings. The number of nitrogens with zero attached hydrogens (tertiary/aromatic N) is 2. The van der Waals surface area contributed by atoms with E-state index < -0.39 is 0 Å². The van der Waals surface area contributed by atoms with E-state index in [9.17, 15) is 9.59 Å². The quantitative estimate of drug-likeness (QED) is 0.902. The zero-order valence-corrected chi connectivity index (χ0v) is 10.9. The lowest BCUT2D eigenvalue weighted by molar-refractivity contribution is 0.0783. The first-order valence-electron chi connectivity index (χ1n) is 5.93. The molecular formula is C14H15N3O2. The van der Waals surface area contributed by atoms with E-state index in [0.717, 1.165) is 11.4 Å². The van der Waals surface area contributed by atoms with Gasteiger partial charge in [0, 0.05) is 25.0 Å². The Labute approximate surface area is 110 Å². The minimum Gasteiger partial charge on any atom is -0.336 e. The number of pyridine rings is 2. The third kappa shape index (κ3) is 3.28. The molecular weight excluding hydrogens is 242 g/mol. The molecule has 0 fully saturated rings. The molecule has 0 bridgehead atoms. The number of aromatic nitrogens is 2. The molecule has 2 heterocycles. The van der Waals surface area contributed by atoms with Crippen molar-refractivity contribution in [2.75, 3.05) is 7.05 Å². The van der Waals surface area contributed by atoms with Crippen molar-refractivity contribution < 1.29 is 4.79 Å². The summed E-state index contributed by atoms with van der Waals surface area (Å²) < 4.78 is 0. The van der Waals surface area contributed by atoms with Gasteiger partial charge in [0.25, 0.3) is 5.91 Å². The van der Waals surface area contributed by atoms with Crippen molar-refractivity contribution in [3.8, 4) is 0 Å². The highest BCUT2D eigenvalue weighted by atomic mass is 16.2. The van der Waals surface area contributed by atoms with E-state index in [-0.39, 0.29) is 11.5 Å². The Bertz CT molecular complexity index is 629. The summed E-state index contributed by atoms with van der Waals surface area (Å²) in [6, 6.07) is 8.56. The van der Waals surface area contributed by atoms with E-state index in [0.29, 0.717) is 12.1 Å². The summed E-state index contributed by atoms with van der Waals surface area (Å²) in [6.07, 6.45) is 1.42. The molecule has 0 saturated carbocycles. The Morgan fingerprint density at radius 2 is 2.11 bits per heavy atom. The molecule has 0 aromatic carbocycles. The van der Waals surface area contributed by atoms with Gasteiger partial charge in [0.1, 0.15) is 0 Å². The fraction of sp³-hybridized carbons (Fsp3) is 0.214. The van der Waals surface area contributed by atoms with E-state index in [4.69, 9.17) is 0 Å². The van der Waals surface area contributed by atoms with Gasteiger partial charge in [-0.1, -0.05) is 6.07 Å². The maximum absolute atomic E-state index is 12.1. The fourth-order valence-corrected chi connectivity index (χ4v) is 1.77. The van der Waals surface area contributed by atoms with Crippen LogP contribution in [0, 0.1) is 6.92 Å². The van der Waals surface area contributed by atoms with Crippen LogP contribution < -0.4 is 5.56 Å². The smallest absolute Gasteiger partial charge is 0.255 e. The topological polar surface area (TPSA) is 66.1 Å². The summed E-state index contributed by atoms with van der Waals surface area (Å²) in [7, 11) is 1.71. The molecule has 5 nitrogen and oxygen atoms in total. The summed E-state index contributed by atoms with van der Waals surface area (Å²) in [5.41, 5.74) is 1.98. The molecule has 2 aromatic heterocycles. The van der Waals surface area contributed by atoms with Crippen LogP contribution in [0.1, 0.15) is 21.7 Å². The van der Waals surface area contributed by atoms with Gasteiger partial charge in [-0.3, -0.25) is 14.6 Å². The predicted octanol–water partition coefficient (Wildman–Crippen LogP) is 1.35. The summed E-state index contributed by atoms with van der Waals surface area (Å²) >= 11 is 0. The average Bonchev–Trinajstić information content (AvgIpc) is 2.39. The SMILES string of the molecule is Cc1cccc(CN(C)C(=O)c2ccc(=O)[nH]c2)n1. The Morgan fingerprint density at radius 1 is 1.32 bits per heavy atom. The van der Waals surface area contributed by atoms with Crippen LogP contribution >= 0.6 is 0 Å². The number of carbonyl (C=O) groups excluding carboxylic acids is 1. The van der Waals surface area contributed by atoms with Crippen LogP contribution in [0.25, 0.3) is 0 Å². The van der Waals surface area contributed by atoms with Gasteiger partial charge in [-0.15, -0.1) is 0 Å². The Balaban J connectivity index is 2.11. The molecule has 0 spiro atoms. The molecule has 0 saturated heterocycles. The van der Waals surface area contributed by atoms with Gasteiger partial charge in [-0.2, -0.15) is 0 Å². The lowest BCUT2D eigenvalue weighted by atomic mass is 10.2. The van der Waals surface area contributed by atoms with Gasteiger partial charge in [0.15, 0.2) is 0 Å². The molecule has 0 unspecified atom stereocenters. The number of nitrogens with one attached hydrogen (secondary N) is 1. The highest BCUT2D eigenvalue weighted by Gasteiger charge is 2.12. The standard InChI is InChI=1S/C14H15N3O2/c1-10-4-3-5-12(16-10)9-17(2)14(19)11-6-7-13(18)15-8-11/h3-8H,9H2,1-2H3,(H,15,18). The van der Waals surface area contributed by atoms with Crippen molar-refractivity contribution in [3.63, 3.8) is 0 Å². The van der Waals surface area contributed by atoms with Gasteiger partial charge in [0.05, 0.1) is 17.8 Å². The molecule has 1 N–H and O–H groups in total. The third-order valence-corrected chi connectivity index (χ3v) is 2.72. The number of rotatable bonds is 3. The number of carbonyl (C=O) groups is 1. The minimum absolute atomic E-state index is 0.153. The normalized spacial score (nSPS) is 10.2. The first kappa shape index (κ1) is 13.0. The second-order valence-electron chi connectivity index (χ2n) is 4.37. The number of hydrogen-bond acceptors (Lipinski definition) is 3. The maximum atomic E-state index is 12.1. The highest BCUT2D eigenvalue weighted by Crippen LogP contribution is 2.06. The van der Waals surface area contributed by atoms with E-state index in [1.54, 1.807) is 11.9 Å². The van der Waals surface area contributed by atoms with Crippen LogP contribution in [0.4, 0.5) is 0 Å². The highest BCUT2D eigenvalue weighted by molar-refractivity contribution is 5.93. The summed E-state index contributed by atoms with van der Waals surface area (Å²) in [5, 5.41) is 0. The minimum atomic E-state index is -0.223. The van der Waals surface area contributed by atoms with Crippen molar-refractivity contribution in [2.24, 2.45) is 0 Å². The zero-order chi connectivity index (χ0) is 13.8. The molecule has 5 heteroatoms. The molecule has 0 aliphatic heterocycles. The Morgan fingerprint density at radius 3 is 2.74 bits per heavy atom. The van der Waals surface area contributed by atoms with Gasteiger partial charge >= 0.3 is 0 Å². The molecule has 2 aromatic rings. The zero-order valence-electron chi connectivity index (χ0n) is 10.9. The van der Waals surface area contributed by atoms with Crippen LogP contribution in [0.3, 0.4) is 0 Å². The molecule has 0 atom stereocenters. The molecule has 0 radical (unpaired) electrons. The average molecular weight is 257 g/mol. The van der Waals surface area contributed by atoms with Crippen LogP contribution in [-0.4, -0.2) is 27.8 Å². The second-order valence-corrected chi connectivity index (χ2v) is 4.37. The van der Waals surface area contributed by atoms with Gasteiger partial charge in [-0.05, 0) is 25.1 Å². The lowest BCUT2D eigenvalue weighted by Gasteiger charge is -2.16. The molecule has 0 aliphatic carbocycles. The van der Waals surface area contributed by atoms with Crippen LogP contribution in [-0.2, 0) is 6.54 Å². The van der Waals surface area contributed by atoms with E-state index in [2.05, 4.69) is 9.97 Å². The van der Waals surface area contributed by atoms with Crippen LogP contribution in [0.2, 0.25) is 0 Å². The third-order valence-electron chi connectivity index (χ3n) is 2.72. The number of hydrogen-bond donors (Lipinski definition) is 1. The van der Waals surface area contributed by atoms with Gasteiger partial charge < -0.3 is 9.88 Å². The van der Waals surface area contributed by atoms with E-state index in [1.807, 2.05) is 25.1 Å². The van der Waals surface area contributed by atoms with Crippen molar-refractivity contribution in [1.29, 1.82) is 0 Å². The molecule has 19 heavy (non-hydrogen) atoms. The Kier molecular flexibility index (Phi) is 3.75. The van der Waals surface area contributed by atoms with E-state index in [1.165, 1.54) is 18.3 Å². The lowest BCUT2D eigenvalue weighted by Crippen LogP contribution is -2.27. The second kappa shape index (κ2) is 5.48. The number of aryl methyl sites for hydroxylation is 1. The van der Waals surface area contributed by atoms with Crippen molar-refractivity contribution in [1.82, 2.24) is 14.9 Å². The summed E-state index contributed by atoms with van der Waals surface area (Å²) in [4.78, 5) is 31.5. The van der Waals surface area contributed by atoms with E-state index >= 15 is 0 Å². The number of amides is 1. The van der Waals surface area contributed by atoms with Gasteiger partial charge in [0.2, 0.25) is 5.56 Å². The maximum Gasteiger partial charge on any atom is 0.255 e. The van der Waals surface area contributed by atoms with Crippen LogP contribution in [0.15, 0.2) is 41.3 Å². The number of H-pyrrole nitrogens is 1. The molecule has 2 rings (SSSR count). The summed E-state index contributed by atoms with van der Waals surface area (Å²) in [6.45, 7) is 2.34. The van der Waals surface area contributed by atoms with Crippen molar-refractivity contribution in [2.45, 2.75) is 13.5 Å². The van der Waals surface area contributed by atoms with Crippen LogP contribution in [0.5, 0.6) is 0 Å². The first-order valence-corrected chi connectivity index (χ1v) is 5.93. The van der Waals surface area contributed by atoms with Crippen molar-refractivity contribution >= 4 is 5.91 Å². The first-order chi connectivity index (χ1) is 9.06. The monoisotopic (exact) mass is 257 g/mol. The Hall–Kier alpha value is -2.43. The molecule has 1 amide bonds. The van der Waals surface area contributed by atoms with Gasteiger partial charge in [-0.25, -0.2) is 0 Å². The predicted molar refractivity (Wildman–Crippen MR) is 71.8 cm³/mol. The molecule has 98 valence electrons. The summed E-state index contributed by atoms with van der Waals surface area (Å²) in [5.74, 6) is -0.153. The fourth-order valence-electron chi connectivity index (χ4n) is 1.77. The number of aromatic amines is 1.